The van der Waals surface area contributed by atoms with Crippen molar-refractivity contribution in [2.75, 3.05) is 26.4 Å². The molecule has 1 aromatic rings. The molecule has 1 unspecified atom stereocenters. The number of esters is 2. The van der Waals surface area contributed by atoms with Crippen molar-refractivity contribution in [1.29, 1.82) is 0 Å². The third-order valence-electron chi connectivity index (χ3n) is 4.99. The van der Waals surface area contributed by atoms with Crippen LogP contribution in [0.2, 0.25) is 0 Å². The van der Waals surface area contributed by atoms with Gasteiger partial charge in [0, 0.05) is 25.2 Å². The minimum absolute atomic E-state index is 0.0465. The Morgan fingerprint density at radius 3 is 1.90 bits per heavy atom. The summed E-state index contributed by atoms with van der Waals surface area (Å²) in [7, 11) is 0. The Morgan fingerprint density at radius 1 is 0.897 bits per heavy atom. The highest BCUT2D eigenvalue weighted by Crippen LogP contribution is 2.12. The highest BCUT2D eigenvalue weighted by molar-refractivity contribution is 5.81. The summed E-state index contributed by atoms with van der Waals surface area (Å²) in [5.74, 6) is -1.05. The number of carbonyl (C=O) groups is 3. The summed E-state index contributed by atoms with van der Waals surface area (Å²) in [5, 5.41) is 24.5. The molecular weight excluding hydrogens is 500 g/mol. The number of benzene rings is 1. The van der Waals surface area contributed by atoms with E-state index in [1.54, 1.807) is 0 Å². The molecule has 0 saturated carbocycles. The van der Waals surface area contributed by atoms with Crippen LogP contribution in [0.5, 0.6) is 0 Å². The molecule has 39 heavy (non-hydrogen) atoms. The number of carbonyl (C=O) groups excluding carboxylic acids is 2. The first-order valence-electron chi connectivity index (χ1n) is 13.4. The first-order valence-corrected chi connectivity index (χ1v) is 13.4. The summed E-state index contributed by atoms with van der Waals surface area (Å²) in [6.45, 7) is 17.3. The van der Waals surface area contributed by atoms with Gasteiger partial charge in [-0.25, -0.2) is 9.59 Å². The van der Waals surface area contributed by atoms with E-state index in [9.17, 15) is 14.4 Å². The lowest BCUT2D eigenvalue weighted by molar-refractivity contribution is -0.139. The van der Waals surface area contributed by atoms with Crippen molar-refractivity contribution >= 4 is 23.5 Å². The molecule has 0 heterocycles. The predicted octanol–water partition coefficient (Wildman–Crippen LogP) is 5.98. The molecular formula is C31H50O8. The van der Waals surface area contributed by atoms with Crippen molar-refractivity contribution in [1.82, 2.24) is 0 Å². The average molecular weight is 551 g/mol. The molecule has 0 radical (unpaired) electrons. The van der Waals surface area contributed by atoms with E-state index >= 15 is 0 Å². The number of allylic oxidation sites excluding steroid dienone is 1. The fraction of sp³-hybridized carbons (Fsp3) is 0.516. The Hall–Kier alpha value is -3.23. The molecule has 222 valence electrons. The van der Waals surface area contributed by atoms with Gasteiger partial charge in [-0.3, -0.25) is 4.79 Å². The number of hydrogen-bond acceptors (Lipinski definition) is 7. The number of carboxylic acids is 1. The van der Waals surface area contributed by atoms with Gasteiger partial charge in [0.15, 0.2) is 0 Å². The molecule has 0 spiro atoms. The van der Waals surface area contributed by atoms with E-state index in [0.717, 1.165) is 30.9 Å². The molecule has 0 aromatic heterocycles. The normalized spacial score (nSPS) is 9.97. The van der Waals surface area contributed by atoms with E-state index < -0.39 is 11.9 Å². The van der Waals surface area contributed by atoms with Crippen LogP contribution in [0.25, 0.3) is 5.57 Å². The highest BCUT2D eigenvalue weighted by Gasteiger charge is 2.07. The molecule has 0 amide bonds. The lowest BCUT2D eigenvalue weighted by Gasteiger charge is -2.13. The maximum atomic E-state index is 10.8. The molecule has 8 nitrogen and oxygen atoms in total. The van der Waals surface area contributed by atoms with Gasteiger partial charge in [0.1, 0.15) is 6.61 Å². The van der Waals surface area contributed by atoms with Crippen LogP contribution in [0, 0.1) is 5.92 Å². The minimum atomic E-state index is -0.757. The zero-order valence-electron chi connectivity index (χ0n) is 24.1. The monoisotopic (exact) mass is 550 g/mol. The standard InChI is InChI=1S/C11H20O2.C9H10.C6H12O3.C5H8O3/c1-4-7-8-10(5-2)9-13-11(12)6-3;1-8(2)9-6-4-3-5-7-9;7-5-3-1-2-4-6(8)9;1-2-5(7)8-4-3-6/h6,10H,3-5,7-9H2,1-2H3;3-7H,1H2,2H3;7H,1-5H2,(H,8,9);2,6H,1,3-4H2. The molecule has 1 aromatic carbocycles. The van der Waals surface area contributed by atoms with Crippen molar-refractivity contribution in [2.45, 2.75) is 72.1 Å². The number of hydrogen-bond donors (Lipinski definition) is 3. The Labute approximate surface area is 235 Å². The molecule has 1 atom stereocenters. The zero-order chi connectivity index (χ0) is 30.3. The lowest BCUT2D eigenvalue weighted by atomic mass is 10.0. The van der Waals surface area contributed by atoms with Gasteiger partial charge >= 0.3 is 17.9 Å². The molecule has 0 saturated heterocycles. The maximum Gasteiger partial charge on any atom is 0.330 e. The van der Waals surface area contributed by atoms with Gasteiger partial charge in [-0.1, -0.05) is 95.2 Å². The summed E-state index contributed by atoms with van der Waals surface area (Å²) in [5.41, 5.74) is 2.34. The Balaban J connectivity index is -0.000000451. The number of carboxylic acid groups (broad SMARTS) is 1. The van der Waals surface area contributed by atoms with E-state index in [4.69, 9.17) is 20.1 Å². The van der Waals surface area contributed by atoms with Gasteiger partial charge in [-0.15, -0.1) is 0 Å². The third-order valence-corrected chi connectivity index (χ3v) is 4.99. The maximum absolute atomic E-state index is 10.8. The van der Waals surface area contributed by atoms with Gasteiger partial charge in [0.05, 0.1) is 13.2 Å². The van der Waals surface area contributed by atoms with Gasteiger partial charge in [0.2, 0.25) is 0 Å². The van der Waals surface area contributed by atoms with E-state index in [0.29, 0.717) is 25.4 Å². The van der Waals surface area contributed by atoms with Crippen LogP contribution in [-0.2, 0) is 23.9 Å². The van der Waals surface area contributed by atoms with Gasteiger partial charge in [0.25, 0.3) is 0 Å². The number of rotatable bonds is 16. The number of aliphatic hydroxyl groups excluding tert-OH is 2. The third kappa shape index (κ3) is 32.7. The van der Waals surface area contributed by atoms with Crippen LogP contribution in [0.1, 0.15) is 77.7 Å². The molecule has 1 rings (SSSR count). The van der Waals surface area contributed by atoms with Crippen LogP contribution in [-0.4, -0.2) is 59.7 Å². The van der Waals surface area contributed by atoms with Crippen LogP contribution >= 0.6 is 0 Å². The number of unbranched alkanes of at least 4 members (excludes halogenated alkanes) is 3. The van der Waals surface area contributed by atoms with Gasteiger partial charge in [-0.05, 0) is 37.7 Å². The second-order valence-corrected chi connectivity index (χ2v) is 8.42. The molecule has 8 heteroatoms. The van der Waals surface area contributed by atoms with Crippen LogP contribution in [0.4, 0.5) is 0 Å². The van der Waals surface area contributed by atoms with E-state index in [1.807, 2.05) is 25.1 Å². The predicted molar refractivity (Wildman–Crippen MR) is 157 cm³/mol. The molecule has 0 bridgehead atoms. The smallest absolute Gasteiger partial charge is 0.330 e. The molecule has 3 N–H and O–H groups in total. The summed E-state index contributed by atoms with van der Waals surface area (Å²) >= 11 is 0. The highest BCUT2D eigenvalue weighted by atomic mass is 16.5. The van der Waals surface area contributed by atoms with Crippen molar-refractivity contribution in [3.8, 4) is 0 Å². The van der Waals surface area contributed by atoms with Crippen LogP contribution < -0.4 is 0 Å². The van der Waals surface area contributed by atoms with Crippen molar-refractivity contribution < 1.29 is 39.2 Å². The molecule has 0 aliphatic heterocycles. The van der Waals surface area contributed by atoms with E-state index in [1.165, 1.54) is 24.5 Å². The average Bonchev–Trinajstić information content (AvgIpc) is 2.95. The number of aliphatic hydroxyl groups is 2. The van der Waals surface area contributed by atoms with Crippen molar-refractivity contribution in [2.24, 2.45) is 5.92 Å². The SMILES string of the molecule is C=C(C)c1ccccc1.C=CC(=O)OCC(CC)CCCC.C=CC(=O)OCCO.O=C(O)CCCCCO. The van der Waals surface area contributed by atoms with E-state index in [2.05, 4.69) is 50.5 Å². The van der Waals surface area contributed by atoms with Crippen molar-refractivity contribution in [3.63, 3.8) is 0 Å². The second-order valence-electron chi connectivity index (χ2n) is 8.42. The Kier molecular flexibility index (Phi) is 32.0. The minimum Gasteiger partial charge on any atom is -0.481 e. The fourth-order valence-electron chi connectivity index (χ4n) is 2.65. The van der Waals surface area contributed by atoms with Gasteiger partial charge < -0.3 is 24.8 Å². The van der Waals surface area contributed by atoms with Crippen LogP contribution in [0.3, 0.4) is 0 Å². The first-order chi connectivity index (χ1) is 18.6. The molecule has 0 fully saturated rings. The van der Waals surface area contributed by atoms with Crippen molar-refractivity contribution in [3.05, 3.63) is 67.8 Å². The second kappa shape index (κ2) is 31.0. The first kappa shape index (κ1) is 40.3. The van der Waals surface area contributed by atoms with Crippen LogP contribution in [0.15, 0.2) is 62.2 Å². The Morgan fingerprint density at radius 2 is 1.49 bits per heavy atom. The summed E-state index contributed by atoms with van der Waals surface area (Å²) in [6, 6.07) is 10.2. The molecule has 0 aliphatic carbocycles. The quantitative estimate of drug-likeness (QED) is 0.130. The zero-order valence-corrected chi connectivity index (χ0v) is 24.1. The Bertz CT molecular complexity index is 774. The summed E-state index contributed by atoms with van der Waals surface area (Å²) in [4.78, 5) is 30.8. The topological polar surface area (TPSA) is 130 Å². The van der Waals surface area contributed by atoms with E-state index in [-0.39, 0.29) is 32.2 Å². The number of ether oxygens (including phenoxy) is 2. The number of aliphatic carboxylic acids is 1. The summed E-state index contributed by atoms with van der Waals surface area (Å²) < 4.78 is 9.32. The summed E-state index contributed by atoms with van der Waals surface area (Å²) in [6.07, 6.45) is 9.33. The fourth-order valence-corrected chi connectivity index (χ4v) is 2.65. The molecule has 0 aliphatic rings. The largest absolute Gasteiger partial charge is 0.481 e. The lowest BCUT2D eigenvalue weighted by Crippen LogP contribution is -2.12. The van der Waals surface area contributed by atoms with Gasteiger partial charge in [-0.2, -0.15) is 0 Å².